The van der Waals surface area contributed by atoms with Gasteiger partial charge in [-0.1, -0.05) is 11.3 Å². The molecule has 6 nitrogen and oxygen atoms in total. The average molecular weight is 356 g/mol. The molecule has 1 aromatic carbocycles. The van der Waals surface area contributed by atoms with Gasteiger partial charge in [0, 0.05) is 24.2 Å². The van der Waals surface area contributed by atoms with Crippen molar-refractivity contribution < 1.29 is 4.39 Å². The van der Waals surface area contributed by atoms with Crippen molar-refractivity contribution in [1.29, 1.82) is 0 Å². The van der Waals surface area contributed by atoms with Gasteiger partial charge < -0.3 is 5.32 Å². The number of thiazole rings is 1. The van der Waals surface area contributed by atoms with E-state index >= 15 is 0 Å². The molecule has 0 spiro atoms. The van der Waals surface area contributed by atoms with E-state index in [0.717, 1.165) is 52.2 Å². The lowest BCUT2D eigenvalue weighted by Gasteiger charge is -2.22. The smallest absolute Gasteiger partial charge is 0.152 e. The highest BCUT2D eigenvalue weighted by Gasteiger charge is 2.20. The van der Waals surface area contributed by atoms with E-state index in [1.165, 1.54) is 6.07 Å². The van der Waals surface area contributed by atoms with E-state index in [1.807, 2.05) is 18.5 Å². The van der Waals surface area contributed by atoms with Crippen molar-refractivity contribution in [2.45, 2.75) is 18.9 Å². The van der Waals surface area contributed by atoms with E-state index in [-0.39, 0.29) is 5.82 Å². The zero-order valence-electron chi connectivity index (χ0n) is 13.7. The quantitative estimate of drug-likeness (QED) is 0.599. The van der Waals surface area contributed by atoms with E-state index in [9.17, 15) is 4.39 Å². The standard InChI is InChI=1S/C17H17FN6S/c1-23-9-11-6-10(7-13(18)15(11)22-23)16-21-14-8-20-24(17(14)25-16)12-2-4-19-5-3-12/h6-9,12,19H,2-5H2,1H3. The summed E-state index contributed by atoms with van der Waals surface area (Å²) in [7, 11) is 1.80. The molecule has 3 aromatic heterocycles. The highest BCUT2D eigenvalue weighted by Crippen LogP contribution is 2.34. The molecule has 0 radical (unpaired) electrons. The lowest BCUT2D eigenvalue weighted by Crippen LogP contribution is -2.29. The highest BCUT2D eigenvalue weighted by atomic mass is 32.1. The Morgan fingerprint density at radius 3 is 2.96 bits per heavy atom. The van der Waals surface area contributed by atoms with E-state index in [0.29, 0.717) is 11.6 Å². The van der Waals surface area contributed by atoms with Gasteiger partial charge in [-0.3, -0.25) is 4.68 Å². The third kappa shape index (κ3) is 2.44. The summed E-state index contributed by atoms with van der Waals surface area (Å²) in [6.07, 6.45) is 5.78. The van der Waals surface area contributed by atoms with Crippen LogP contribution in [0.5, 0.6) is 0 Å². The zero-order chi connectivity index (χ0) is 17.0. The van der Waals surface area contributed by atoms with E-state index < -0.39 is 0 Å². The normalized spacial score (nSPS) is 16.2. The molecular formula is C17H17FN6S. The first-order valence-electron chi connectivity index (χ1n) is 8.37. The molecule has 5 rings (SSSR count). The molecule has 25 heavy (non-hydrogen) atoms. The zero-order valence-corrected chi connectivity index (χ0v) is 14.6. The maximum Gasteiger partial charge on any atom is 0.152 e. The van der Waals surface area contributed by atoms with Crippen molar-refractivity contribution in [3.63, 3.8) is 0 Å². The SMILES string of the molecule is Cn1cc2cc(-c3nc4cnn(C5CCNCC5)c4s3)cc(F)c2n1. The lowest BCUT2D eigenvalue weighted by atomic mass is 10.1. The summed E-state index contributed by atoms with van der Waals surface area (Å²) < 4.78 is 18.1. The van der Waals surface area contributed by atoms with Gasteiger partial charge in [0.2, 0.25) is 0 Å². The van der Waals surface area contributed by atoms with E-state index in [2.05, 4.69) is 25.2 Å². The first kappa shape index (κ1) is 15.0. The number of hydrogen-bond acceptors (Lipinski definition) is 5. The van der Waals surface area contributed by atoms with Gasteiger partial charge in [0.05, 0.1) is 12.2 Å². The number of aryl methyl sites for hydroxylation is 1. The largest absolute Gasteiger partial charge is 0.317 e. The summed E-state index contributed by atoms with van der Waals surface area (Å²) >= 11 is 1.58. The number of hydrogen-bond donors (Lipinski definition) is 1. The van der Waals surface area contributed by atoms with Crippen LogP contribution < -0.4 is 5.32 Å². The van der Waals surface area contributed by atoms with Crippen molar-refractivity contribution in [3.05, 3.63) is 30.3 Å². The van der Waals surface area contributed by atoms with Crippen LogP contribution in [0.3, 0.4) is 0 Å². The summed E-state index contributed by atoms with van der Waals surface area (Å²) in [5.74, 6) is -0.313. The Morgan fingerprint density at radius 2 is 2.12 bits per heavy atom. The minimum absolute atomic E-state index is 0.313. The number of aromatic nitrogens is 5. The summed E-state index contributed by atoms with van der Waals surface area (Å²) in [5, 5.41) is 13.7. The maximum atomic E-state index is 14.4. The van der Waals surface area contributed by atoms with Crippen molar-refractivity contribution in [1.82, 2.24) is 29.9 Å². The third-order valence-electron chi connectivity index (χ3n) is 4.73. The molecule has 0 amide bonds. The van der Waals surface area contributed by atoms with Crippen molar-refractivity contribution in [3.8, 4) is 10.6 Å². The van der Waals surface area contributed by atoms with Crippen LogP contribution >= 0.6 is 11.3 Å². The molecule has 8 heteroatoms. The van der Waals surface area contributed by atoms with Gasteiger partial charge in [-0.05, 0) is 38.1 Å². The lowest BCUT2D eigenvalue weighted by molar-refractivity contribution is 0.352. The fraction of sp³-hybridized carbons (Fsp3) is 0.353. The summed E-state index contributed by atoms with van der Waals surface area (Å²) in [5.41, 5.74) is 2.06. The van der Waals surface area contributed by atoms with E-state index in [4.69, 9.17) is 0 Å². The van der Waals surface area contributed by atoms with Gasteiger partial charge in [0.1, 0.15) is 20.9 Å². The van der Waals surface area contributed by atoms with Crippen LogP contribution in [-0.4, -0.2) is 37.6 Å². The van der Waals surface area contributed by atoms with Gasteiger partial charge in [0.25, 0.3) is 0 Å². The monoisotopic (exact) mass is 356 g/mol. The topological polar surface area (TPSA) is 60.6 Å². The van der Waals surface area contributed by atoms with E-state index in [1.54, 1.807) is 23.1 Å². The minimum atomic E-state index is -0.313. The second-order valence-electron chi connectivity index (χ2n) is 6.48. The molecule has 4 aromatic rings. The number of nitrogens with one attached hydrogen (secondary N) is 1. The third-order valence-corrected chi connectivity index (χ3v) is 5.83. The van der Waals surface area contributed by atoms with Gasteiger partial charge in [0.15, 0.2) is 5.82 Å². The van der Waals surface area contributed by atoms with Crippen LogP contribution in [0.1, 0.15) is 18.9 Å². The minimum Gasteiger partial charge on any atom is -0.317 e. The Kier molecular flexibility index (Phi) is 3.36. The number of benzene rings is 1. The Labute approximate surface area is 147 Å². The molecule has 1 aliphatic heterocycles. The van der Waals surface area contributed by atoms with Crippen molar-refractivity contribution in [2.75, 3.05) is 13.1 Å². The maximum absolute atomic E-state index is 14.4. The molecule has 0 aliphatic carbocycles. The molecule has 0 saturated carbocycles. The van der Waals surface area contributed by atoms with Crippen LogP contribution in [0, 0.1) is 5.82 Å². The van der Waals surface area contributed by atoms with Gasteiger partial charge in [-0.15, -0.1) is 0 Å². The van der Waals surface area contributed by atoms with Gasteiger partial charge in [-0.2, -0.15) is 10.2 Å². The van der Waals surface area contributed by atoms with Crippen LogP contribution in [0.2, 0.25) is 0 Å². The van der Waals surface area contributed by atoms with Crippen LogP contribution in [-0.2, 0) is 7.05 Å². The molecule has 1 aliphatic rings. The predicted molar refractivity (Wildman–Crippen MR) is 96.2 cm³/mol. The number of piperidine rings is 1. The molecule has 4 heterocycles. The average Bonchev–Trinajstić information content (AvgIpc) is 3.28. The van der Waals surface area contributed by atoms with Crippen LogP contribution in [0.15, 0.2) is 24.5 Å². The molecular weight excluding hydrogens is 339 g/mol. The highest BCUT2D eigenvalue weighted by molar-refractivity contribution is 7.21. The van der Waals surface area contributed by atoms with Crippen molar-refractivity contribution >= 4 is 32.6 Å². The predicted octanol–water partition coefficient (Wildman–Crippen LogP) is 3.11. The molecule has 1 saturated heterocycles. The summed E-state index contributed by atoms with van der Waals surface area (Å²) in [6, 6.07) is 3.88. The molecule has 128 valence electrons. The first-order chi connectivity index (χ1) is 12.2. The fourth-order valence-electron chi connectivity index (χ4n) is 3.51. The number of nitrogens with zero attached hydrogens (tertiary/aromatic N) is 5. The Hall–Kier alpha value is -2.32. The molecule has 1 fully saturated rings. The Balaban J connectivity index is 1.60. The second kappa shape index (κ2) is 5.60. The van der Waals surface area contributed by atoms with Crippen molar-refractivity contribution in [2.24, 2.45) is 7.05 Å². The Morgan fingerprint density at radius 1 is 1.28 bits per heavy atom. The Bertz CT molecular complexity index is 1070. The van der Waals surface area contributed by atoms with Gasteiger partial charge >= 0.3 is 0 Å². The fourth-order valence-corrected chi connectivity index (χ4v) is 4.57. The number of fused-ring (bicyclic) bond motifs is 2. The molecule has 1 N–H and O–H groups in total. The molecule has 0 bridgehead atoms. The second-order valence-corrected chi connectivity index (χ2v) is 7.46. The van der Waals surface area contributed by atoms with Crippen LogP contribution in [0.4, 0.5) is 4.39 Å². The first-order valence-corrected chi connectivity index (χ1v) is 9.19. The summed E-state index contributed by atoms with van der Waals surface area (Å²) in [4.78, 5) is 5.74. The molecule has 0 atom stereocenters. The summed E-state index contributed by atoms with van der Waals surface area (Å²) in [6.45, 7) is 2.03. The van der Waals surface area contributed by atoms with Gasteiger partial charge in [-0.25, -0.2) is 14.1 Å². The van der Waals surface area contributed by atoms with Crippen LogP contribution in [0.25, 0.3) is 31.8 Å². The number of halogens is 1. The number of rotatable bonds is 2. The molecule has 0 unspecified atom stereocenters.